The average molecular weight is 388 g/mol. The quantitative estimate of drug-likeness (QED) is 0.826. The summed E-state index contributed by atoms with van der Waals surface area (Å²) in [6, 6.07) is 7.69. The molecule has 6 nitrogen and oxygen atoms in total. The Labute approximate surface area is 139 Å². The Bertz CT molecular complexity index is 661. The van der Waals surface area contributed by atoms with Gasteiger partial charge in [0, 0.05) is 5.02 Å². The molecule has 0 aliphatic heterocycles. The van der Waals surface area contributed by atoms with Crippen LogP contribution in [0.3, 0.4) is 0 Å². The predicted octanol–water partition coefficient (Wildman–Crippen LogP) is 3.10. The highest BCUT2D eigenvalue weighted by atomic mass is 79.9. The highest BCUT2D eigenvalue weighted by Crippen LogP contribution is 2.27. The SMILES string of the molecule is O=C(COc1ccc(Cl)cc1Br)NC(=O)NCc1ccco1. The topological polar surface area (TPSA) is 80.6 Å². The molecule has 1 aromatic heterocycles. The number of ether oxygens (including phenoxy) is 1. The number of furan rings is 1. The van der Waals surface area contributed by atoms with Gasteiger partial charge in [-0.05, 0) is 46.3 Å². The van der Waals surface area contributed by atoms with Crippen LogP contribution in [0.25, 0.3) is 0 Å². The number of halogens is 2. The highest BCUT2D eigenvalue weighted by Gasteiger charge is 2.10. The number of hydrogen-bond donors (Lipinski definition) is 2. The van der Waals surface area contributed by atoms with Gasteiger partial charge in [-0.1, -0.05) is 11.6 Å². The van der Waals surface area contributed by atoms with Crippen LogP contribution in [0.5, 0.6) is 5.75 Å². The molecule has 2 N–H and O–H groups in total. The van der Waals surface area contributed by atoms with Crippen LogP contribution in [0, 0.1) is 0 Å². The van der Waals surface area contributed by atoms with E-state index in [0.29, 0.717) is 21.0 Å². The van der Waals surface area contributed by atoms with Crippen LogP contribution < -0.4 is 15.4 Å². The van der Waals surface area contributed by atoms with E-state index in [1.54, 1.807) is 30.3 Å². The number of nitrogens with one attached hydrogen (secondary N) is 2. The van der Waals surface area contributed by atoms with Crippen LogP contribution in [-0.4, -0.2) is 18.5 Å². The van der Waals surface area contributed by atoms with Crippen LogP contribution in [0.1, 0.15) is 5.76 Å². The lowest BCUT2D eigenvalue weighted by Gasteiger charge is -2.09. The number of urea groups is 1. The summed E-state index contributed by atoms with van der Waals surface area (Å²) >= 11 is 9.06. The van der Waals surface area contributed by atoms with E-state index in [0.717, 1.165) is 0 Å². The third-order valence-electron chi connectivity index (χ3n) is 2.51. The molecule has 1 aromatic carbocycles. The van der Waals surface area contributed by atoms with Crippen molar-refractivity contribution in [1.29, 1.82) is 0 Å². The Morgan fingerprint density at radius 3 is 2.82 bits per heavy atom. The predicted molar refractivity (Wildman–Crippen MR) is 83.7 cm³/mol. The maximum Gasteiger partial charge on any atom is 0.321 e. The molecule has 3 amide bonds. The highest BCUT2D eigenvalue weighted by molar-refractivity contribution is 9.10. The molecular weight excluding hydrogens is 376 g/mol. The number of benzene rings is 1. The van der Waals surface area contributed by atoms with Crippen molar-refractivity contribution < 1.29 is 18.7 Å². The third kappa shape index (κ3) is 5.09. The van der Waals surface area contributed by atoms with Crippen LogP contribution in [0.2, 0.25) is 5.02 Å². The summed E-state index contributed by atoms with van der Waals surface area (Å²) in [5.74, 6) is 0.471. The Morgan fingerprint density at radius 1 is 1.32 bits per heavy atom. The van der Waals surface area contributed by atoms with E-state index in [2.05, 4.69) is 26.6 Å². The molecule has 0 saturated heterocycles. The van der Waals surface area contributed by atoms with Gasteiger partial charge in [0.2, 0.25) is 0 Å². The van der Waals surface area contributed by atoms with Gasteiger partial charge in [-0.25, -0.2) is 4.79 Å². The van der Waals surface area contributed by atoms with E-state index in [4.69, 9.17) is 20.8 Å². The van der Waals surface area contributed by atoms with Gasteiger partial charge in [0.25, 0.3) is 5.91 Å². The van der Waals surface area contributed by atoms with Crippen LogP contribution in [-0.2, 0) is 11.3 Å². The molecule has 22 heavy (non-hydrogen) atoms. The molecule has 1 heterocycles. The Kier molecular flexibility index (Phi) is 5.85. The molecule has 8 heteroatoms. The number of amides is 3. The molecule has 0 radical (unpaired) electrons. The molecule has 0 aliphatic rings. The molecule has 116 valence electrons. The largest absolute Gasteiger partial charge is 0.483 e. The second-order valence-corrected chi connectivity index (χ2v) is 5.46. The second-order valence-electron chi connectivity index (χ2n) is 4.17. The minimum Gasteiger partial charge on any atom is -0.483 e. The molecule has 0 fully saturated rings. The first-order valence-electron chi connectivity index (χ1n) is 6.22. The Morgan fingerprint density at radius 2 is 2.14 bits per heavy atom. The fourth-order valence-electron chi connectivity index (χ4n) is 1.52. The van der Waals surface area contributed by atoms with E-state index < -0.39 is 11.9 Å². The standard InChI is InChI=1S/C14H12BrClN2O4/c15-11-6-9(16)3-4-12(11)22-8-13(19)18-14(20)17-7-10-2-1-5-21-10/h1-6H,7-8H2,(H2,17,18,19,20). The Balaban J connectivity index is 1.74. The molecule has 2 rings (SSSR count). The Hall–Kier alpha value is -1.99. The van der Waals surface area contributed by atoms with E-state index in [1.165, 1.54) is 6.26 Å². The van der Waals surface area contributed by atoms with Crippen molar-refractivity contribution in [2.45, 2.75) is 6.54 Å². The smallest absolute Gasteiger partial charge is 0.321 e. The summed E-state index contributed by atoms with van der Waals surface area (Å²) < 4.78 is 11.0. The minimum atomic E-state index is -0.625. The zero-order valence-electron chi connectivity index (χ0n) is 11.3. The fourth-order valence-corrected chi connectivity index (χ4v) is 2.32. The lowest BCUT2D eigenvalue weighted by atomic mass is 10.3. The monoisotopic (exact) mass is 386 g/mol. The number of rotatable bonds is 5. The molecule has 0 aliphatic carbocycles. The molecule has 0 saturated carbocycles. The number of carbonyl (C=O) groups is 2. The summed E-state index contributed by atoms with van der Waals surface area (Å²) in [5, 5.41) is 5.18. The minimum absolute atomic E-state index is 0.190. The van der Waals surface area contributed by atoms with Gasteiger partial charge in [-0.3, -0.25) is 10.1 Å². The van der Waals surface area contributed by atoms with Crippen molar-refractivity contribution in [3.05, 3.63) is 51.9 Å². The van der Waals surface area contributed by atoms with E-state index in [9.17, 15) is 9.59 Å². The molecule has 0 unspecified atom stereocenters. The lowest BCUT2D eigenvalue weighted by Crippen LogP contribution is -2.41. The van der Waals surface area contributed by atoms with Gasteiger partial charge in [0.1, 0.15) is 11.5 Å². The first-order valence-corrected chi connectivity index (χ1v) is 7.39. The van der Waals surface area contributed by atoms with Gasteiger partial charge >= 0.3 is 6.03 Å². The van der Waals surface area contributed by atoms with Crippen molar-refractivity contribution in [2.75, 3.05) is 6.61 Å². The first-order chi connectivity index (χ1) is 10.5. The van der Waals surface area contributed by atoms with E-state index >= 15 is 0 Å². The summed E-state index contributed by atoms with van der Waals surface area (Å²) in [5.41, 5.74) is 0. The zero-order valence-corrected chi connectivity index (χ0v) is 13.6. The van der Waals surface area contributed by atoms with Gasteiger partial charge in [-0.2, -0.15) is 0 Å². The summed E-state index contributed by atoms with van der Waals surface area (Å²) in [6.45, 7) is -0.107. The van der Waals surface area contributed by atoms with Crippen LogP contribution >= 0.6 is 27.5 Å². The van der Waals surface area contributed by atoms with Crippen molar-refractivity contribution >= 4 is 39.5 Å². The number of carbonyl (C=O) groups excluding carboxylic acids is 2. The van der Waals surface area contributed by atoms with Crippen molar-refractivity contribution in [3.63, 3.8) is 0 Å². The van der Waals surface area contributed by atoms with Gasteiger partial charge in [-0.15, -0.1) is 0 Å². The summed E-state index contributed by atoms with van der Waals surface area (Å²) in [4.78, 5) is 23.1. The maximum atomic E-state index is 11.6. The van der Waals surface area contributed by atoms with Crippen molar-refractivity contribution in [1.82, 2.24) is 10.6 Å². The average Bonchev–Trinajstić information content (AvgIpc) is 2.97. The maximum absolute atomic E-state index is 11.6. The zero-order chi connectivity index (χ0) is 15.9. The molecule has 0 bridgehead atoms. The molecular formula is C14H12BrClN2O4. The first kappa shape index (κ1) is 16.4. The van der Waals surface area contributed by atoms with Gasteiger partial charge in [0.15, 0.2) is 6.61 Å². The summed E-state index contributed by atoms with van der Waals surface area (Å²) in [6.07, 6.45) is 1.50. The second kappa shape index (κ2) is 7.86. The number of hydrogen-bond acceptors (Lipinski definition) is 4. The fraction of sp³-hybridized carbons (Fsp3) is 0.143. The van der Waals surface area contributed by atoms with Crippen LogP contribution in [0.15, 0.2) is 45.5 Å². The third-order valence-corrected chi connectivity index (χ3v) is 3.36. The van der Waals surface area contributed by atoms with E-state index in [1.807, 2.05) is 0 Å². The molecule has 2 aromatic rings. The van der Waals surface area contributed by atoms with Crippen molar-refractivity contribution in [2.24, 2.45) is 0 Å². The normalized spacial score (nSPS) is 10.1. The summed E-state index contributed by atoms with van der Waals surface area (Å²) in [7, 11) is 0. The number of imide groups is 1. The molecule has 0 atom stereocenters. The van der Waals surface area contributed by atoms with Crippen LogP contribution in [0.4, 0.5) is 4.79 Å². The van der Waals surface area contributed by atoms with E-state index in [-0.39, 0.29) is 13.2 Å². The van der Waals surface area contributed by atoms with Crippen molar-refractivity contribution in [3.8, 4) is 5.75 Å². The van der Waals surface area contributed by atoms with Gasteiger partial charge in [0.05, 0.1) is 17.3 Å². The van der Waals surface area contributed by atoms with Gasteiger partial charge < -0.3 is 14.5 Å². The lowest BCUT2D eigenvalue weighted by molar-refractivity contribution is -0.122. The molecule has 0 spiro atoms.